The first-order valence-electron chi connectivity index (χ1n) is 9.09. The summed E-state index contributed by atoms with van der Waals surface area (Å²) in [5.41, 5.74) is 0.294. The summed E-state index contributed by atoms with van der Waals surface area (Å²) in [6.07, 6.45) is 6.60. The number of hydrogen-bond acceptors (Lipinski definition) is 4. The van der Waals surface area contributed by atoms with E-state index in [2.05, 4.69) is 48.8 Å². The average Bonchev–Trinajstić information content (AvgIpc) is 2.49. The van der Waals surface area contributed by atoms with Crippen molar-refractivity contribution in [2.45, 2.75) is 61.9 Å². The van der Waals surface area contributed by atoms with Gasteiger partial charge in [-0.25, -0.2) is 13.1 Å². The van der Waals surface area contributed by atoms with Crippen LogP contribution in [-0.4, -0.2) is 33.7 Å². The molecule has 1 atom stereocenters. The molecule has 8 heteroatoms. The lowest BCUT2D eigenvalue weighted by molar-refractivity contribution is -0.0514. The number of unbranched alkanes of at least 4 members (excludes halogenated alkanes) is 1. The Morgan fingerprint density at radius 2 is 1.96 bits per heavy atom. The van der Waals surface area contributed by atoms with Gasteiger partial charge in [0.05, 0.1) is 16.5 Å². The molecule has 4 rings (SSSR count). The Hall–Kier alpha value is -0.150. The minimum atomic E-state index is -3.65. The Morgan fingerprint density at radius 1 is 1.27 bits per heavy atom. The van der Waals surface area contributed by atoms with Crippen molar-refractivity contribution in [2.24, 2.45) is 5.92 Å². The highest BCUT2D eigenvalue weighted by atomic mass is 79.9. The second kappa shape index (κ2) is 8.07. The van der Waals surface area contributed by atoms with E-state index in [9.17, 15) is 8.42 Å². The summed E-state index contributed by atoms with van der Waals surface area (Å²) in [4.78, 5) is 0.199. The molecule has 0 heterocycles. The SMILES string of the molecule is CCCC[C@H](CNC12CC(C1)C2)NS(=O)(=O)c1cc(OC)c(Br)cc1Br. The standard InChI is InChI=1S/C18H26Br2N2O3S/c1-3-4-5-13(11-21-18-8-12(9-18)10-18)22-26(23,24)17-7-16(25-2)14(19)6-15(17)20/h6-7,12-13,21-22H,3-5,8-11H2,1-2H3/t12?,13-,18?/m1/s1. The molecule has 3 saturated carbocycles. The summed E-state index contributed by atoms with van der Waals surface area (Å²) in [7, 11) is -2.13. The van der Waals surface area contributed by atoms with Crippen molar-refractivity contribution >= 4 is 41.9 Å². The van der Waals surface area contributed by atoms with Crippen LogP contribution in [0, 0.1) is 5.92 Å². The number of sulfonamides is 1. The molecule has 26 heavy (non-hydrogen) atoms. The van der Waals surface area contributed by atoms with E-state index in [1.54, 1.807) is 12.1 Å². The Balaban J connectivity index is 1.73. The molecule has 3 aliphatic carbocycles. The van der Waals surface area contributed by atoms with E-state index in [-0.39, 0.29) is 10.9 Å². The lowest BCUT2D eigenvalue weighted by Crippen LogP contribution is -2.68. The molecule has 0 unspecified atom stereocenters. The lowest BCUT2D eigenvalue weighted by Gasteiger charge is -2.62. The first-order valence-corrected chi connectivity index (χ1v) is 12.2. The zero-order valence-corrected chi connectivity index (χ0v) is 19.1. The molecule has 3 aliphatic rings. The van der Waals surface area contributed by atoms with Crippen LogP contribution < -0.4 is 14.8 Å². The van der Waals surface area contributed by atoms with Crippen molar-refractivity contribution < 1.29 is 13.2 Å². The number of methoxy groups -OCH3 is 1. The first kappa shape index (κ1) is 20.6. The molecule has 0 amide bonds. The van der Waals surface area contributed by atoms with E-state index in [0.717, 1.165) is 25.2 Å². The number of hydrogen-bond donors (Lipinski definition) is 2. The summed E-state index contributed by atoms with van der Waals surface area (Å²) in [6.45, 7) is 2.80. The van der Waals surface area contributed by atoms with E-state index in [1.165, 1.54) is 26.4 Å². The van der Waals surface area contributed by atoms with Gasteiger partial charge in [-0.3, -0.25) is 0 Å². The maximum Gasteiger partial charge on any atom is 0.242 e. The van der Waals surface area contributed by atoms with Crippen molar-refractivity contribution in [1.82, 2.24) is 10.0 Å². The zero-order chi connectivity index (χ0) is 18.9. The van der Waals surface area contributed by atoms with Crippen LogP contribution in [0.15, 0.2) is 26.0 Å². The number of rotatable bonds is 10. The van der Waals surface area contributed by atoms with Gasteiger partial charge in [0.2, 0.25) is 10.0 Å². The maximum absolute atomic E-state index is 13.0. The Kier molecular flexibility index (Phi) is 6.39. The molecule has 1 aromatic rings. The van der Waals surface area contributed by atoms with Gasteiger partial charge in [-0.1, -0.05) is 19.8 Å². The van der Waals surface area contributed by atoms with Crippen molar-refractivity contribution in [3.63, 3.8) is 0 Å². The molecule has 0 aliphatic heterocycles. The molecule has 0 saturated heterocycles. The maximum atomic E-state index is 13.0. The van der Waals surface area contributed by atoms with Gasteiger partial charge in [-0.05, 0) is 69.5 Å². The number of benzene rings is 1. The highest BCUT2D eigenvalue weighted by Crippen LogP contribution is 2.56. The highest BCUT2D eigenvalue weighted by Gasteiger charge is 2.56. The minimum absolute atomic E-state index is 0.115. The topological polar surface area (TPSA) is 67.4 Å². The molecular weight excluding hydrogens is 484 g/mol. The molecule has 1 aromatic carbocycles. The molecule has 0 radical (unpaired) electrons. The van der Waals surface area contributed by atoms with Gasteiger partial charge in [0.1, 0.15) is 5.75 Å². The molecule has 0 aromatic heterocycles. The summed E-state index contributed by atoms with van der Waals surface area (Å²) in [6, 6.07) is 3.13. The molecular formula is C18H26Br2N2O3S. The van der Waals surface area contributed by atoms with Gasteiger partial charge in [-0.15, -0.1) is 0 Å². The van der Waals surface area contributed by atoms with Crippen molar-refractivity contribution in [2.75, 3.05) is 13.7 Å². The van der Waals surface area contributed by atoms with Crippen LogP contribution in [0.2, 0.25) is 0 Å². The van der Waals surface area contributed by atoms with Crippen LogP contribution >= 0.6 is 31.9 Å². The summed E-state index contributed by atoms with van der Waals surface area (Å²) < 4.78 is 35.3. The number of nitrogens with one attached hydrogen (secondary N) is 2. The number of ether oxygens (including phenoxy) is 1. The molecule has 5 nitrogen and oxygen atoms in total. The van der Waals surface area contributed by atoms with E-state index < -0.39 is 10.0 Å². The largest absolute Gasteiger partial charge is 0.496 e. The fourth-order valence-electron chi connectivity index (χ4n) is 3.84. The van der Waals surface area contributed by atoms with Gasteiger partial charge in [0, 0.05) is 28.7 Å². The molecule has 2 bridgehead atoms. The molecule has 0 spiro atoms. The van der Waals surface area contributed by atoms with Crippen molar-refractivity contribution in [1.29, 1.82) is 0 Å². The van der Waals surface area contributed by atoms with Gasteiger partial charge >= 0.3 is 0 Å². The van der Waals surface area contributed by atoms with E-state index in [4.69, 9.17) is 4.74 Å². The number of halogens is 2. The fourth-order valence-corrected chi connectivity index (χ4v) is 6.98. The Labute approximate surface area is 173 Å². The third-order valence-electron chi connectivity index (χ3n) is 5.49. The fraction of sp³-hybridized carbons (Fsp3) is 0.667. The Morgan fingerprint density at radius 3 is 2.50 bits per heavy atom. The van der Waals surface area contributed by atoms with Crippen LogP contribution in [-0.2, 0) is 10.0 Å². The quantitative estimate of drug-likeness (QED) is 0.496. The van der Waals surface area contributed by atoms with E-state index in [0.29, 0.717) is 26.8 Å². The van der Waals surface area contributed by atoms with Gasteiger partial charge in [-0.2, -0.15) is 0 Å². The second-order valence-electron chi connectivity index (χ2n) is 7.52. The Bertz CT molecular complexity index is 753. The van der Waals surface area contributed by atoms with Crippen molar-refractivity contribution in [3.05, 3.63) is 21.1 Å². The summed E-state index contributed by atoms with van der Waals surface area (Å²) in [5, 5.41) is 3.62. The van der Waals surface area contributed by atoms with Crippen LogP contribution in [0.5, 0.6) is 5.75 Å². The third kappa shape index (κ3) is 4.29. The van der Waals surface area contributed by atoms with Gasteiger partial charge in [0.25, 0.3) is 0 Å². The molecule has 3 fully saturated rings. The van der Waals surface area contributed by atoms with E-state index >= 15 is 0 Å². The molecule has 2 N–H and O–H groups in total. The summed E-state index contributed by atoms with van der Waals surface area (Å²) in [5.74, 6) is 1.39. The smallest absolute Gasteiger partial charge is 0.242 e. The van der Waals surface area contributed by atoms with Crippen LogP contribution in [0.3, 0.4) is 0 Å². The van der Waals surface area contributed by atoms with Gasteiger partial charge < -0.3 is 10.1 Å². The van der Waals surface area contributed by atoms with Crippen LogP contribution in [0.1, 0.15) is 45.4 Å². The molecule has 146 valence electrons. The normalized spacial score (nSPS) is 25.3. The second-order valence-corrected chi connectivity index (χ2v) is 10.9. The minimum Gasteiger partial charge on any atom is -0.496 e. The van der Waals surface area contributed by atoms with Crippen LogP contribution in [0.4, 0.5) is 0 Å². The third-order valence-corrected chi connectivity index (χ3v) is 8.58. The van der Waals surface area contributed by atoms with Gasteiger partial charge in [0.15, 0.2) is 0 Å². The zero-order valence-electron chi connectivity index (χ0n) is 15.1. The highest BCUT2D eigenvalue weighted by molar-refractivity contribution is 9.11. The predicted molar refractivity (Wildman–Crippen MR) is 110 cm³/mol. The lowest BCUT2D eigenvalue weighted by atomic mass is 9.50. The summed E-state index contributed by atoms with van der Waals surface area (Å²) >= 11 is 6.74. The predicted octanol–water partition coefficient (Wildman–Crippen LogP) is 4.20. The van der Waals surface area contributed by atoms with Crippen LogP contribution in [0.25, 0.3) is 0 Å². The average molecular weight is 510 g/mol. The van der Waals surface area contributed by atoms with E-state index in [1.807, 2.05) is 0 Å². The monoisotopic (exact) mass is 508 g/mol. The van der Waals surface area contributed by atoms with Crippen molar-refractivity contribution in [3.8, 4) is 5.75 Å². The first-order chi connectivity index (χ1) is 12.3.